The van der Waals surface area contributed by atoms with E-state index in [9.17, 15) is 14.4 Å². The molecule has 0 atom stereocenters. The topological polar surface area (TPSA) is 84.5 Å². The van der Waals surface area contributed by atoms with Gasteiger partial charge in [-0.25, -0.2) is 4.79 Å². The van der Waals surface area contributed by atoms with Crippen LogP contribution in [-0.4, -0.2) is 24.4 Å². The minimum Gasteiger partial charge on any atom is -0.452 e. The van der Waals surface area contributed by atoms with Crippen molar-refractivity contribution in [3.05, 3.63) is 108 Å². The van der Waals surface area contributed by atoms with Crippen molar-refractivity contribution < 1.29 is 19.1 Å². The van der Waals surface area contributed by atoms with Crippen LogP contribution in [-0.2, 0) is 20.7 Å². The molecule has 4 aromatic carbocycles. The quantitative estimate of drug-likeness (QED) is 0.405. The third-order valence-electron chi connectivity index (χ3n) is 5.03. The molecule has 33 heavy (non-hydrogen) atoms. The number of ether oxygens (including phenoxy) is 1. The Morgan fingerprint density at radius 3 is 2.12 bits per heavy atom. The van der Waals surface area contributed by atoms with E-state index in [1.54, 1.807) is 30.3 Å². The van der Waals surface area contributed by atoms with Crippen LogP contribution >= 0.6 is 0 Å². The van der Waals surface area contributed by atoms with Gasteiger partial charge in [0.1, 0.15) is 0 Å². The lowest BCUT2D eigenvalue weighted by atomic mass is 10.1. The van der Waals surface area contributed by atoms with E-state index in [2.05, 4.69) is 10.6 Å². The van der Waals surface area contributed by atoms with Crippen LogP contribution in [0, 0.1) is 0 Å². The summed E-state index contributed by atoms with van der Waals surface area (Å²) in [6.07, 6.45) is 0.178. The van der Waals surface area contributed by atoms with E-state index in [-0.39, 0.29) is 17.9 Å². The van der Waals surface area contributed by atoms with E-state index in [1.165, 1.54) is 0 Å². The molecule has 0 radical (unpaired) electrons. The molecule has 4 aromatic rings. The predicted octanol–water partition coefficient (Wildman–Crippen LogP) is 4.82. The second-order valence-electron chi connectivity index (χ2n) is 7.41. The summed E-state index contributed by atoms with van der Waals surface area (Å²) in [5.74, 6) is -1.40. The lowest BCUT2D eigenvalue weighted by Gasteiger charge is -2.12. The third-order valence-corrected chi connectivity index (χ3v) is 5.03. The Morgan fingerprint density at radius 2 is 1.27 bits per heavy atom. The van der Waals surface area contributed by atoms with Gasteiger partial charge in [-0.3, -0.25) is 9.59 Å². The highest BCUT2D eigenvalue weighted by molar-refractivity contribution is 6.05. The second-order valence-corrected chi connectivity index (χ2v) is 7.41. The van der Waals surface area contributed by atoms with Crippen molar-refractivity contribution in [3.8, 4) is 0 Å². The molecule has 0 fully saturated rings. The highest BCUT2D eigenvalue weighted by Crippen LogP contribution is 2.23. The van der Waals surface area contributed by atoms with Crippen molar-refractivity contribution >= 4 is 39.9 Å². The van der Waals surface area contributed by atoms with E-state index in [4.69, 9.17) is 4.74 Å². The molecule has 0 aliphatic rings. The van der Waals surface area contributed by atoms with Gasteiger partial charge in [0.15, 0.2) is 6.61 Å². The summed E-state index contributed by atoms with van der Waals surface area (Å²) in [5.41, 5.74) is 2.01. The lowest BCUT2D eigenvalue weighted by Crippen LogP contribution is -2.22. The summed E-state index contributed by atoms with van der Waals surface area (Å²) >= 11 is 0. The van der Waals surface area contributed by atoms with E-state index in [0.717, 1.165) is 16.3 Å². The molecule has 6 heteroatoms. The van der Waals surface area contributed by atoms with E-state index in [0.29, 0.717) is 11.4 Å². The molecular formula is C27H22N2O4. The molecule has 164 valence electrons. The first-order valence-corrected chi connectivity index (χ1v) is 10.5. The van der Waals surface area contributed by atoms with Gasteiger partial charge in [0.2, 0.25) is 5.91 Å². The van der Waals surface area contributed by atoms with Crippen molar-refractivity contribution in [2.75, 3.05) is 17.2 Å². The number of anilines is 2. The Morgan fingerprint density at radius 1 is 0.636 bits per heavy atom. The predicted molar refractivity (Wildman–Crippen MR) is 128 cm³/mol. The fraction of sp³-hybridized carbons (Fsp3) is 0.0741. The Bertz CT molecular complexity index is 1300. The Kier molecular flexibility index (Phi) is 6.75. The molecule has 0 aliphatic heterocycles. The molecule has 0 unspecified atom stereocenters. The Hall–Kier alpha value is -4.45. The lowest BCUT2D eigenvalue weighted by molar-refractivity contribution is -0.119. The molecule has 0 aromatic heterocycles. The summed E-state index contributed by atoms with van der Waals surface area (Å²) in [6, 6.07) is 29.1. The van der Waals surface area contributed by atoms with Crippen molar-refractivity contribution in [2.45, 2.75) is 6.42 Å². The van der Waals surface area contributed by atoms with Crippen LogP contribution in [0.1, 0.15) is 15.9 Å². The Labute approximate surface area is 191 Å². The smallest absolute Gasteiger partial charge is 0.340 e. The molecule has 0 saturated heterocycles. The third kappa shape index (κ3) is 5.62. The van der Waals surface area contributed by atoms with Crippen LogP contribution in [0.2, 0.25) is 0 Å². The monoisotopic (exact) mass is 438 g/mol. The van der Waals surface area contributed by atoms with Gasteiger partial charge in [0.05, 0.1) is 17.7 Å². The highest BCUT2D eigenvalue weighted by Gasteiger charge is 2.16. The van der Waals surface area contributed by atoms with Gasteiger partial charge in [-0.2, -0.15) is 0 Å². The normalized spacial score (nSPS) is 10.4. The fourth-order valence-corrected chi connectivity index (χ4v) is 3.48. The molecular weight excluding hydrogens is 416 g/mol. The summed E-state index contributed by atoms with van der Waals surface area (Å²) < 4.78 is 5.21. The average molecular weight is 438 g/mol. The van der Waals surface area contributed by atoms with E-state index in [1.807, 2.05) is 66.7 Å². The van der Waals surface area contributed by atoms with Crippen molar-refractivity contribution in [2.24, 2.45) is 0 Å². The number of para-hydroxylation sites is 1. The number of esters is 1. The van der Waals surface area contributed by atoms with Gasteiger partial charge in [0.25, 0.3) is 5.91 Å². The minimum atomic E-state index is -0.696. The average Bonchev–Trinajstić information content (AvgIpc) is 2.84. The summed E-state index contributed by atoms with van der Waals surface area (Å²) in [6.45, 7) is -0.450. The first kappa shape index (κ1) is 21.8. The van der Waals surface area contributed by atoms with Crippen LogP contribution in [0.25, 0.3) is 10.8 Å². The molecule has 0 heterocycles. The highest BCUT2D eigenvalue weighted by atomic mass is 16.5. The molecule has 0 bridgehead atoms. The maximum atomic E-state index is 12.6. The summed E-state index contributed by atoms with van der Waals surface area (Å²) in [4.78, 5) is 37.4. The van der Waals surface area contributed by atoms with Gasteiger partial charge < -0.3 is 15.4 Å². The number of benzene rings is 4. The zero-order chi connectivity index (χ0) is 23.0. The number of amides is 2. The summed E-state index contributed by atoms with van der Waals surface area (Å²) in [7, 11) is 0. The fourth-order valence-electron chi connectivity index (χ4n) is 3.48. The maximum absolute atomic E-state index is 12.6. The molecule has 4 rings (SSSR count). The number of nitrogens with one attached hydrogen (secondary N) is 2. The molecule has 0 spiro atoms. The van der Waals surface area contributed by atoms with Crippen LogP contribution in [0.4, 0.5) is 11.4 Å². The van der Waals surface area contributed by atoms with Crippen LogP contribution < -0.4 is 10.6 Å². The zero-order valence-corrected chi connectivity index (χ0v) is 17.8. The largest absolute Gasteiger partial charge is 0.452 e. The zero-order valence-electron chi connectivity index (χ0n) is 17.8. The number of carbonyl (C=O) groups is 3. The van der Waals surface area contributed by atoms with Crippen molar-refractivity contribution in [1.29, 1.82) is 0 Å². The number of hydrogen-bond acceptors (Lipinski definition) is 4. The van der Waals surface area contributed by atoms with Gasteiger partial charge in [0, 0.05) is 11.1 Å². The van der Waals surface area contributed by atoms with Crippen LogP contribution in [0.15, 0.2) is 97.1 Å². The molecule has 0 aliphatic carbocycles. The number of carbonyl (C=O) groups excluding carboxylic acids is 3. The SMILES string of the molecule is O=C(Cc1ccccc1)Nc1ccccc1C(=O)OCC(=O)Nc1cccc2ccccc12. The van der Waals surface area contributed by atoms with E-state index >= 15 is 0 Å². The first-order chi connectivity index (χ1) is 16.1. The number of hydrogen-bond donors (Lipinski definition) is 2. The maximum Gasteiger partial charge on any atom is 0.340 e. The number of rotatable bonds is 7. The van der Waals surface area contributed by atoms with Gasteiger partial charge in [-0.05, 0) is 29.1 Å². The van der Waals surface area contributed by atoms with Crippen LogP contribution in [0.3, 0.4) is 0 Å². The number of fused-ring (bicyclic) bond motifs is 1. The van der Waals surface area contributed by atoms with Gasteiger partial charge >= 0.3 is 5.97 Å². The van der Waals surface area contributed by atoms with Crippen molar-refractivity contribution in [1.82, 2.24) is 0 Å². The molecule has 6 nitrogen and oxygen atoms in total. The van der Waals surface area contributed by atoms with Gasteiger partial charge in [-0.1, -0.05) is 78.9 Å². The van der Waals surface area contributed by atoms with Crippen LogP contribution in [0.5, 0.6) is 0 Å². The Balaban J connectivity index is 1.37. The standard InChI is InChI=1S/C27H22N2O4/c30-25(17-19-9-2-1-3-10-19)28-24-15-7-6-14-22(24)27(32)33-18-26(31)29-23-16-8-12-20-11-4-5-13-21(20)23/h1-16H,17-18H2,(H,28,30)(H,29,31). The molecule has 2 amide bonds. The summed E-state index contributed by atoms with van der Waals surface area (Å²) in [5, 5.41) is 7.41. The van der Waals surface area contributed by atoms with Gasteiger partial charge in [-0.15, -0.1) is 0 Å². The molecule has 0 saturated carbocycles. The van der Waals surface area contributed by atoms with Crippen molar-refractivity contribution in [3.63, 3.8) is 0 Å². The second kappa shape index (κ2) is 10.2. The minimum absolute atomic E-state index is 0.178. The van der Waals surface area contributed by atoms with E-state index < -0.39 is 18.5 Å². The first-order valence-electron chi connectivity index (χ1n) is 10.5. The molecule has 2 N–H and O–H groups in total.